The van der Waals surface area contributed by atoms with Crippen LogP contribution in [0.4, 0.5) is 11.5 Å². The van der Waals surface area contributed by atoms with Crippen LogP contribution in [-0.4, -0.2) is 17.0 Å². The van der Waals surface area contributed by atoms with Gasteiger partial charge in [0.05, 0.1) is 12.0 Å². The molecule has 0 aliphatic carbocycles. The second-order valence-electron chi connectivity index (χ2n) is 4.12. The van der Waals surface area contributed by atoms with E-state index in [1.807, 2.05) is 30.3 Å². The zero-order valence-electron chi connectivity index (χ0n) is 11.2. The third-order valence-electron chi connectivity index (χ3n) is 2.84. The summed E-state index contributed by atoms with van der Waals surface area (Å²) in [6.07, 6.45) is 1.12. The molecule has 0 radical (unpaired) electrons. The standard InChI is InChI=1S/C14H12N4O3/c1-21-13-5-3-2-4-10(13)8-16-14-11(7-15)6-12(9-17-14)18(19)20/h2-6,9H,8H2,1H3,(H,16,17). The molecule has 1 aromatic heterocycles. The number of anilines is 1. The van der Waals surface area contributed by atoms with Crippen LogP contribution in [0, 0.1) is 21.4 Å². The van der Waals surface area contributed by atoms with E-state index >= 15 is 0 Å². The molecule has 0 saturated carbocycles. The lowest BCUT2D eigenvalue weighted by molar-refractivity contribution is -0.385. The fraction of sp³-hybridized carbons (Fsp3) is 0.143. The number of nitrogens with zero attached hydrogens (tertiary/aromatic N) is 3. The Morgan fingerprint density at radius 1 is 1.48 bits per heavy atom. The molecule has 0 bridgehead atoms. The average Bonchev–Trinajstić information content (AvgIpc) is 2.52. The highest BCUT2D eigenvalue weighted by Gasteiger charge is 2.12. The van der Waals surface area contributed by atoms with Gasteiger partial charge in [0.1, 0.15) is 29.4 Å². The Balaban J connectivity index is 2.20. The predicted octanol–water partition coefficient (Wildman–Crippen LogP) is 2.48. The molecule has 7 heteroatoms. The Morgan fingerprint density at radius 3 is 2.90 bits per heavy atom. The number of nitrogens with one attached hydrogen (secondary N) is 1. The van der Waals surface area contributed by atoms with Crippen molar-refractivity contribution in [2.75, 3.05) is 12.4 Å². The molecule has 21 heavy (non-hydrogen) atoms. The zero-order chi connectivity index (χ0) is 15.2. The van der Waals surface area contributed by atoms with E-state index in [1.165, 1.54) is 6.07 Å². The molecule has 1 aromatic carbocycles. The minimum atomic E-state index is -0.585. The molecule has 7 nitrogen and oxygen atoms in total. The maximum absolute atomic E-state index is 10.7. The summed E-state index contributed by atoms with van der Waals surface area (Å²) in [4.78, 5) is 14.0. The van der Waals surface area contributed by atoms with Gasteiger partial charge in [-0.3, -0.25) is 10.1 Å². The topological polar surface area (TPSA) is 101 Å². The minimum absolute atomic E-state index is 0.124. The van der Waals surface area contributed by atoms with Gasteiger partial charge >= 0.3 is 0 Å². The Hall–Kier alpha value is -3.14. The number of nitro groups is 1. The molecule has 0 saturated heterocycles. The van der Waals surface area contributed by atoms with Gasteiger partial charge in [-0.05, 0) is 6.07 Å². The minimum Gasteiger partial charge on any atom is -0.496 e. The fourth-order valence-corrected chi connectivity index (χ4v) is 1.81. The van der Waals surface area contributed by atoms with Gasteiger partial charge in [-0.25, -0.2) is 4.98 Å². The molecule has 2 aromatic rings. The van der Waals surface area contributed by atoms with Crippen LogP contribution in [0.3, 0.4) is 0 Å². The van der Waals surface area contributed by atoms with Gasteiger partial charge in [-0.15, -0.1) is 0 Å². The van der Waals surface area contributed by atoms with Crippen molar-refractivity contribution in [1.29, 1.82) is 5.26 Å². The van der Waals surface area contributed by atoms with E-state index in [2.05, 4.69) is 10.3 Å². The van der Waals surface area contributed by atoms with Crippen molar-refractivity contribution in [3.8, 4) is 11.8 Å². The first kappa shape index (κ1) is 14.3. The Morgan fingerprint density at radius 2 is 2.24 bits per heavy atom. The number of hydrogen-bond donors (Lipinski definition) is 1. The number of pyridine rings is 1. The SMILES string of the molecule is COc1ccccc1CNc1ncc([N+](=O)[O-])cc1C#N. The molecular weight excluding hydrogens is 272 g/mol. The number of benzene rings is 1. The van der Waals surface area contributed by atoms with Gasteiger partial charge in [0.15, 0.2) is 0 Å². The van der Waals surface area contributed by atoms with Crippen LogP contribution in [-0.2, 0) is 6.54 Å². The smallest absolute Gasteiger partial charge is 0.289 e. The fourth-order valence-electron chi connectivity index (χ4n) is 1.81. The van der Waals surface area contributed by atoms with E-state index in [0.717, 1.165) is 11.8 Å². The highest BCUT2D eigenvalue weighted by atomic mass is 16.6. The molecule has 0 fully saturated rings. The number of aromatic nitrogens is 1. The van der Waals surface area contributed by atoms with Crippen molar-refractivity contribution in [2.24, 2.45) is 0 Å². The third kappa shape index (κ3) is 3.25. The van der Waals surface area contributed by atoms with Crippen molar-refractivity contribution in [1.82, 2.24) is 4.98 Å². The number of para-hydroxylation sites is 1. The lowest BCUT2D eigenvalue weighted by Gasteiger charge is -2.10. The lowest BCUT2D eigenvalue weighted by Crippen LogP contribution is -2.05. The van der Waals surface area contributed by atoms with E-state index in [9.17, 15) is 10.1 Å². The first-order chi connectivity index (χ1) is 10.2. The highest BCUT2D eigenvalue weighted by molar-refractivity contribution is 5.56. The van der Waals surface area contributed by atoms with Crippen LogP contribution >= 0.6 is 0 Å². The Labute approximate surface area is 121 Å². The molecule has 0 amide bonds. The highest BCUT2D eigenvalue weighted by Crippen LogP contribution is 2.21. The van der Waals surface area contributed by atoms with Crippen molar-refractivity contribution in [2.45, 2.75) is 6.54 Å². The molecule has 0 aliphatic heterocycles. The second-order valence-corrected chi connectivity index (χ2v) is 4.12. The molecule has 0 unspecified atom stereocenters. The molecule has 0 spiro atoms. The Kier molecular flexibility index (Phi) is 4.31. The number of hydrogen-bond acceptors (Lipinski definition) is 6. The Bertz CT molecular complexity index is 710. The number of ether oxygens (including phenoxy) is 1. The van der Waals surface area contributed by atoms with E-state index in [-0.39, 0.29) is 11.3 Å². The molecule has 0 aliphatic rings. The maximum Gasteiger partial charge on any atom is 0.289 e. The zero-order valence-corrected chi connectivity index (χ0v) is 11.2. The maximum atomic E-state index is 10.7. The monoisotopic (exact) mass is 284 g/mol. The predicted molar refractivity (Wildman–Crippen MR) is 75.9 cm³/mol. The summed E-state index contributed by atoms with van der Waals surface area (Å²) in [6, 6.07) is 10.5. The largest absolute Gasteiger partial charge is 0.496 e. The van der Waals surface area contributed by atoms with Crippen molar-refractivity contribution in [3.05, 3.63) is 57.8 Å². The van der Waals surface area contributed by atoms with E-state index < -0.39 is 4.92 Å². The van der Waals surface area contributed by atoms with Gasteiger partial charge in [0.2, 0.25) is 0 Å². The quantitative estimate of drug-likeness (QED) is 0.668. The van der Waals surface area contributed by atoms with Crippen molar-refractivity contribution in [3.63, 3.8) is 0 Å². The van der Waals surface area contributed by atoms with E-state index in [1.54, 1.807) is 7.11 Å². The molecular formula is C14H12N4O3. The molecule has 1 heterocycles. The summed E-state index contributed by atoms with van der Waals surface area (Å²) in [5.41, 5.74) is 0.803. The number of methoxy groups -OCH3 is 1. The second kappa shape index (κ2) is 6.34. The van der Waals surface area contributed by atoms with Crippen LogP contribution < -0.4 is 10.1 Å². The van der Waals surface area contributed by atoms with Gasteiger partial charge in [-0.2, -0.15) is 5.26 Å². The van der Waals surface area contributed by atoms with Crippen LogP contribution in [0.25, 0.3) is 0 Å². The van der Waals surface area contributed by atoms with Crippen LogP contribution in [0.5, 0.6) is 5.75 Å². The number of nitriles is 1. The first-order valence-corrected chi connectivity index (χ1v) is 6.06. The van der Waals surface area contributed by atoms with Crippen LogP contribution in [0.1, 0.15) is 11.1 Å². The summed E-state index contributed by atoms with van der Waals surface area (Å²) in [6.45, 7) is 0.392. The van der Waals surface area contributed by atoms with Gasteiger partial charge in [-0.1, -0.05) is 18.2 Å². The van der Waals surface area contributed by atoms with Gasteiger partial charge in [0, 0.05) is 18.2 Å². The summed E-state index contributed by atoms with van der Waals surface area (Å²) in [5, 5.41) is 22.7. The van der Waals surface area contributed by atoms with Crippen molar-refractivity contribution >= 4 is 11.5 Å². The van der Waals surface area contributed by atoms with Crippen LogP contribution in [0.15, 0.2) is 36.5 Å². The molecule has 2 rings (SSSR count). The average molecular weight is 284 g/mol. The number of rotatable bonds is 5. The summed E-state index contributed by atoms with van der Waals surface area (Å²) >= 11 is 0. The third-order valence-corrected chi connectivity index (χ3v) is 2.84. The van der Waals surface area contributed by atoms with E-state index in [4.69, 9.17) is 10.00 Å². The summed E-state index contributed by atoms with van der Waals surface area (Å²) in [5.74, 6) is 1.01. The van der Waals surface area contributed by atoms with E-state index in [0.29, 0.717) is 18.1 Å². The lowest BCUT2D eigenvalue weighted by atomic mass is 10.2. The molecule has 1 N–H and O–H groups in total. The first-order valence-electron chi connectivity index (χ1n) is 6.06. The molecule has 0 atom stereocenters. The van der Waals surface area contributed by atoms with Gasteiger partial charge in [0.25, 0.3) is 5.69 Å². The molecule has 106 valence electrons. The normalized spacial score (nSPS) is 9.71. The van der Waals surface area contributed by atoms with Crippen LogP contribution in [0.2, 0.25) is 0 Å². The van der Waals surface area contributed by atoms with Gasteiger partial charge < -0.3 is 10.1 Å². The van der Waals surface area contributed by atoms with Crippen molar-refractivity contribution < 1.29 is 9.66 Å². The summed E-state index contributed by atoms with van der Waals surface area (Å²) < 4.78 is 5.23. The summed E-state index contributed by atoms with van der Waals surface area (Å²) in [7, 11) is 1.57.